The number of nitrogens with one attached hydrogen (secondary N) is 1. The molecule has 2 atom stereocenters. The summed E-state index contributed by atoms with van der Waals surface area (Å²) in [7, 11) is 0. The first kappa shape index (κ1) is 32.9. The van der Waals surface area contributed by atoms with Crippen LogP contribution in [0.1, 0.15) is 84.3 Å². The zero-order valence-electron chi connectivity index (χ0n) is 27.2. The van der Waals surface area contributed by atoms with Crippen LogP contribution in [0.5, 0.6) is 0 Å². The molecule has 1 aromatic carbocycles. The number of ether oxygens (including phenoxy) is 2. The van der Waals surface area contributed by atoms with Gasteiger partial charge in [0.25, 0.3) is 0 Å². The minimum Gasteiger partial charge on any atom is -0.444 e. The number of β-amino-alcohol motifs (C(OH)–C–C–N with tert-alkyl or cyclic N) is 1. The van der Waals surface area contributed by atoms with Crippen LogP contribution in [0.25, 0.3) is 5.65 Å². The summed E-state index contributed by atoms with van der Waals surface area (Å²) in [5, 5.41) is 28.4. The summed E-state index contributed by atoms with van der Waals surface area (Å²) in [6, 6.07) is 7.23. The highest BCUT2D eigenvalue weighted by molar-refractivity contribution is 5.96. The van der Waals surface area contributed by atoms with Crippen molar-refractivity contribution < 1.29 is 28.6 Å². The van der Waals surface area contributed by atoms with E-state index in [2.05, 4.69) is 10.4 Å². The second-order valence-electron chi connectivity index (χ2n) is 14.0. The summed E-state index contributed by atoms with van der Waals surface area (Å²) in [6.07, 6.45) is 3.31. The molecule has 2 amide bonds. The zero-order valence-corrected chi connectivity index (χ0v) is 27.2. The lowest BCUT2D eigenvalue weighted by Gasteiger charge is -2.36. The minimum absolute atomic E-state index is 0.0366. The van der Waals surface area contributed by atoms with Crippen molar-refractivity contribution in [2.24, 2.45) is 5.92 Å². The average Bonchev–Trinajstić information content (AvgIpc) is 3.32. The van der Waals surface area contributed by atoms with E-state index >= 15 is 0 Å². The van der Waals surface area contributed by atoms with Gasteiger partial charge in [0.2, 0.25) is 0 Å². The van der Waals surface area contributed by atoms with Gasteiger partial charge >= 0.3 is 12.2 Å². The number of piperidine rings is 1. The van der Waals surface area contributed by atoms with Gasteiger partial charge < -0.3 is 24.8 Å². The van der Waals surface area contributed by atoms with Gasteiger partial charge in [0.15, 0.2) is 5.65 Å². The van der Waals surface area contributed by atoms with E-state index in [0.29, 0.717) is 31.0 Å². The number of anilines is 3. The molecule has 0 spiro atoms. The van der Waals surface area contributed by atoms with Gasteiger partial charge in [-0.05, 0) is 84.9 Å². The first-order valence-corrected chi connectivity index (χ1v) is 15.6. The highest BCUT2D eigenvalue weighted by atomic mass is 19.1. The van der Waals surface area contributed by atoms with Crippen molar-refractivity contribution in [2.45, 2.75) is 90.4 Å². The molecule has 5 rings (SSSR count). The minimum atomic E-state index is -0.876. The number of rotatable bonds is 6. The number of benzene rings is 1. The van der Waals surface area contributed by atoms with E-state index in [4.69, 9.17) is 14.5 Å². The summed E-state index contributed by atoms with van der Waals surface area (Å²) < 4.78 is 27.5. The van der Waals surface area contributed by atoms with Crippen LogP contribution in [0.4, 0.5) is 31.3 Å². The normalized spacial score (nSPS) is 18.9. The van der Waals surface area contributed by atoms with Crippen LogP contribution in [0.15, 0.2) is 30.5 Å². The van der Waals surface area contributed by atoms with Gasteiger partial charge in [0.05, 0.1) is 36.2 Å². The SMILES string of the molecule is CC(C)(C)OC(=O)N1CC[C@H](CNc2cc(N(C(=O)OC(C)(C)C)c3cc(F)cc(C#N)c3)n3ncc(C4CCC4)c3n2)[C@@H](O)C1. The molecule has 0 bridgehead atoms. The summed E-state index contributed by atoms with van der Waals surface area (Å²) >= 11 is 0. The Morgan fingerprint density at radius 2 is 1.83 bits per heavy atom. The molecule has 1 saturated carbocycles. The maximum atomic E-state index is 14.7. The number of fused-ring (bicyclic) bond motifs is 1. The Bertz CT molecular complexity index is 1650. The molecule has 2 aromatic heterocycles. The third kappa shape index (κ3) is 7.50. The number of amides is 2. The third-order valence-electron chi connectivity index (χ3n) is 8.02. The molecule has 2 aliphatic rings. The second-order valence-corrected chi connectivity index (χ2v) is 14.0. The monoisotopic (exact) mass is 635 g/mol. The topological polar surface area (TPSA) is 145 Å². The van der Waals surface area contributed by atoms with Crippen molar-refractivity contribution >= 4 is 35.2 Å². The van der Waals surface area contributed by atoms with E-state index < -0.39 is 35.3 Å². The molecule has 2 fully saturated rings. The van der Waals surface area contributed by atoms with Gasteiger partial charge in [-0.3, -0.25) is 0 Å². The van der Waals surface area contributed by atoms with E-state index in [9.17, 15) is 24.3 Å². The molecular formula is C33H42FN7O5. The van der Waals surface area contributed by atoms with Gasteiger partial charge in [0, 0.05) is 30.6 Å². The number of aliphatic hydroxyl groups is 1. The number of aromatic nitrogens is 3. The van der Waals surface area contributed by atoms with Gasteiger partial charge in [-0.25, -0.2) is 23.9 Å². The quantitative estimate of drug-likeness (QED) is 0.328. The Morgan fingerprint density at radius 1 is 1.11 bits per heavy atom. The Balaban J connectivity index is 1.49. The van der Waals surface area contributed by atoms with Crippen molar-refractivity contribution in [1.29, 1.82) is 5.26 Å². The molecule has 12 nitrogen and oxygen atoms in total. The van der Waals surface area contributed by atoms with Crippen LogP contribution in [-0.4, -0.2) is 73.7 Å². The molecule has 46 heavy (non-hydrogen) atoms. The van der Waals surface area contributed by atoms with Crippen molar-refractivity contribution in [1.82, 2.24) is 19.5 Å². The van der Waals surface area contributed by atoms with Crippen LogP contribution < -0.4 is 10.2 Å². The number of hydrogen-bond acceptors (Lipinski definition) is 9. The number of hydrogen-bond donors (Lipinski definition) is 2. The summed E-state index contributed by atoms with van der Waals surface area (Å²) in [4.78, 5) is 33.9. The fourth-order valence-electron chi connectivity index (χ4n) is 5.57. The first-order valence-electron chi connectivity index (χ1n) is 15.6. The maximum Gasteiger partial charge on any atom is 0.420 e. The lowest BCUT2D eigenvalue weighted by atomic mass is 9.81. The van der Waals surface area contributed by atoms with Crippen molar-refractivity contribution in [3.05, 3.63) is 47.4 Å². The molecule has 3 heterocycles. The lowest BCUT2D eigenvalue weighted by molar-refractivity contribution is -0.0104. The molecule has 13 heteroatoms. The first-order chi connectivity index (χ1) is 21.6. The number of likely N-dealkylation sites (tertiary alicyclic amines) is 1. The summed E-state index contributed by atoms with van der Waals surface area (Å²) in [5.74, 6) is 0.0347. The second kappa shape index (κ2) is 12.7. The fourth-order valence-corrected chi connectivity index (χ4v) is 5.57. The fraction of sp³-hybridized carbons (Fsp3) is 0.545. The zero-order chi connectivity index (χ0) is 33.4. The number of halogens is 1. The Labute approximate surface area is 268 Å². The van der Waals surface area contributed by atoms with Crippen LogP contribution in [0.3, 0.4) is 0 Å². The van der Waals surface area contributed by atoms with Gasteiger partial charge in [-0.1, -0.05) is 6.42 Å². The average molecular weight is 636 g/mol. The molecule has 0 unspecified atom stereocenters. The molecule has 1 saturated heterocycles. The molecule has 246 valence electrons. The van der Waals surface area contributed by atoms with Crippen molar-refractivity contribution in [3.8, 4) is 6.07 Å². The number of nitrogens with zero attached hydrogens (tertiary/aromatic N) is 6. The van der Waals surface area contributed by atoms with Crippen molar-refractivity contribution in [2.75, 3.05) is 29.9 Å². The van der Waals surface area contributed by atoms with Gasteiger partial charge in [-0.2, -0.15) is 14.9 Å². The van der Waals surface area contributed by atoms with Crippen LogP contribution in [0.2, 0.25) is 0 Å². The molecular weight excluding hydrogens is 593 g/mol. The molecule has 1 aliphatic carbocycles. The van der Waals surface area contributed by atoms with Crippen molar-refractivity contribution in [3.63, 3.8) is 0 Å². The number of nitriles is 1. The van der Waals surface area contributed by atoms with E-state index in [0.717, 1.165) is 37.0 Å². The predicted octanol–water partition coefficient (Wildman–Crippen LogP) is 6.11. The Morgan fingerprint density at radius 3 is 2.43 bits per heavy atom. The highest BCUT2D eigenvalue weighted by Crippen LogP contribution is 2.40. The Hall–Kier alpha value is -4.44. The molecule has 2 N–H and O–H groups in total. The van der Waals surface area contributed by atoms with Gasteiger partial charge in [0.1, 0.15) is 28.7 Å². The lowest BCUT2D eigenvalue weighted by Crippen LogP contribution is -2.49. The van der Waals surface area contributed by atoms with Crippen LogP contribution in [0, 0.1) is 23.1 Å². The number of carbonyl (C=O) groups is 2. The standard InChI is InChI=1S/C33H42FN7O5/c1-32(2,3)45-30(43)39-11-10-22(26(42)19-39)17-36-27-15-28(41-29(38-27)25(18-37-41)21-8-7-9-21)40(31(44)46-33(4,5)6)24-13-20(16-35)12-23(34)14-24/h12-15,18,21-22,26,42H,7-11,17,19H2,1-6H3,(H,36,38)/t22-,26+/m1/s1. The van der Waals surface area contributed by atoms with Crippen LogP contribution in [-0.2, 0) is 9.47 Å². The number of carbonyl (C=O) groups excluding carboxylic acids is 2. The van der Waals surface area contributed by atoms with Crippen LogP contribution >= 0.6 is 0 Å². The smallest absolute Gasteiger partial charge is 0.420 e. The molecule has 1 aliphatic heterocycles. The van der Waals surface area contributed by atoms with E-state index in [1.807, 2.05) is 6.07 Å². The van der Waals surface area contributed by atoms with E-state index in [1.54, 1.807) is 53.8 Å². The van der Waals surface area contributed by atoms with E-state index in [-0.39, 0.29) is 35.4 Å². The number of aliphatic hydroxyl groups excluding tert-OH is 1. The highest BCUT2D eigenvalue weighted by Gasteiger charge is 2.34. The van der Waals surface area contributed by atoms with Gasteiger partial charge in [-0.15, -0.1) is 0 Å². The summed E-state index contributed by atoms with van der Waals surface area (Å²) in [6.45, 7) is 11.5. The third-order valence-corrected chi connectivity index (χ3v) is 8.02. The largest absolute Gasteiger partial charge is 0.444 e. The maximum absolute atomic E-state index is 14.7. The predicted molar refractivity (Wildman–Crippen MR) is 169 cm³/mol. The molecule has 3 aromatic rings. The molecule has 0 radical (unpaired) electrons. The van der Waals surface area contributed by atoms with E-state index in [1.165, 1.54) is 20.4 Å². The Kier molecular flexibility index (Phi) is 9.13. The summed E-state index contributed by atoms with van der Waals surface area (Å²) in [5.41, 5.74) is 0.0887.